The SMILES string of the molecule is CC(=O)N1CCc2nc(C3CCN(Cc4ccccc4Cl)CC3)ncc2C1. The van der Waals surface area contributed by atoms with Gasteiger partial charge in [0.05, 0.1) is 5.69 Å². The quantitative estimate of drug-likeness (QED) is 0.813. The second kappa shape index (κ2) is 7.95. The number of rotatable bonds is 3. The third kappa shape index (κ3) is 4.14. The number of carbonyl (C=O) groups excluding carboxylic acids is 1. The Hall–Kier alpha value is -1.98. The Kier molecular flexibility index (Phi) is 5.41. The summed E-state index contributed by atoms with van der Waals surface area (Å²) in [5, 5.41) is 0.845. The number of fused-ring (bicyclic) bond motifs is 1. The van der Waals surface area contributed by atoms with Crippen molar-refractivity contribution >= 4 is 17.5 Å². The van der Waals surface area contributed by atoms with E-state index < -0.39 is 0 Å². The fourth-order valence-corrected chi connectivity index (χ4v) is 4.21. The van der Waals surface area contributed by atoms with Crippen molar-refractivity contribution in [2.75, 3.05) is 19.6 Å². The fourth-order valence-electron chi connectivity index (χ4n) is 4.01. The fraction of sp³-hybridized carbons (Fsp3) is 0.476. The minimum absolute atomic E-state index is 0.121. The van der Waals surface area contributed by atoms with Crippen LogP contribution in [0.4, 0.5) is 0 Å². The molecule has 142 valence electrons. The first kappa shape index (κ1) is 18.4. The number of nitrogens with zero attached hydrogens (tertiary/aromatic N) is 4. The van der Waals surface area contributed by atoms with Gasteiger partial charge in [-0.25, -0.2) is 9.97 Å². The summed E-state index contributed by atoms with van der Waals surface area (Å²) in [6.45, 7) is 5.99. The molecule has 1 fully saturated rings. The molecule has 27 heavy (non-hydrogen) atoms. The second-order valence-corrected chi connectivity index (χ2v) is 7.94. The maximum atomic E-state index is 11.6. The highest BCUT2D eigenvalue weighted by Gasteiger charge is 2.25. The van der Waals surface area contributed by atoms with E-state index in [1.807, 2.05) is 29.3 Å². The Bertz CT molecular complexity index is 833. The smallest absolute Gasteiger partial charge is 0.219 e. The van der Waals surface area contributed by atoms with E-state index in [0.29, 0.717) is 12.5 Å². The van der Waals surface area contributed by atoms with Gasteiger partial charge in [-0.3, -0.25) is 9.69 Å². The lowest BCUT2D eigenvalue weighted by Crippen LogP contribution is -2.36. The molecule has 0 atom stereocenters. The lowest BCUT2D eigenvalue weighted by Gasteiger charge is -2.32. The van der Waals surface area contributed by atoms with E-state index in [-0.39, 0.29) is 5.91 Å². The molecular weight excluding hydrogens is 360 g/mol. The highest BCUT2D eigenvalue weighted by atomic mass is 35.5. The van der Waals surface area contributed by atoms with Crippen LogP contribution in [-0.4, -0.2) is 45.3 Å². The normalized spacial score (nSPS) is 18.4. The van der Waals surface area contributed by atoms with Crippen LogP contribution in [0.25, 0.3) is 0 Å². The van der Waals surface area contributed by atoms with E-state index in [4.69, 9.17) is 16.6 Å². The average Bonchev–Trinajstić information content (AvgIpc) is 2.69. The summed E-state index contributed by atoms with van der Waals surface area (Å²) in [6.07, 6.45) is 4.91. The zero-order valence-electron chi connectivity index (χ0n) is 15.7. The topological polar surface area (TPSA) is 49.3 Å². The third-order valence-corrected chi connectivity index (χ3v) is 6.07. The molecule has 0 unspecified atom stereocenters. The lowest BCUT2D eigenvalue weighted by molar-refractivity contribution is -0.129. The van der Waals surface area contributed by atoms with Gasteiger partial charge in [-0.1, -0.05) is 29.8 Å². The average molecular weight is 385 g/mol. The number of halogens is 1. The van der Waals surface area contributed by atoms with E-state index in [1.54, 1.807) is 6.92 Å². The van der Waals surface area contributed by atoms with Gasteiger partial charge in [-0.2, -0.15) is 0 Å². The first-order valence-corrected chi connectivity index (χ1v) is 10.0. The Morgan fingerprint density at radius 3 is 2.74 bits per heavy atom. The second-order valence-electron chi connectivity index (χ2n) is 7.53. The maximum absolute atomic E-state index is 11.6. The van der Waals surface area contributed by atoms with Crippen molar-refractivity contribution in [3.63, 3.8) is 0 Å². The zero-order valence-corrected chi connectivity index (χ0v) is 16.5. The van der Waals surface area contributed by atoms with Crippen molar-refractivity contribution in [2.45, 2.75) is 45.2 Å². The van der Waals surface area contributed by atoms with Crippen molar-refractivity contribution in [2.24, 2.45) is 0 Å². The molecule has 0 saturated carbocycles. The largest absolute Gasteiger partial charge is 0.338 e. The summed E-state index contributed by atoms with van der Waals surface area (Å²) in [5.74, 6) is 1.52. The van der Waals surface area contributed by atoms with Crippen molar-refractivity contribution in [3.05, 3.63) is 58.1 Å². The number of amides is 1. The zero-order chi connectivity index (χ0) is 18.8. The van der Waals surface area contributed by atoms with Gasteiger partial charge < -0.3 is 4.90 Å². The van der Waals surface area contributed by atoms with Gasteiger partial charge in [-0.05, 0) is 37.6 Å². The molecule has 4 rings (SSSR count). The molecule has 1 aromatic heterocycles. The maximum Gasteiger partial charge on any atom is 0.219 e. The summed E-state index contributed by atoms with van der Waals surface area (Å²) in [7, 11) is 0. The summed E-state index contributed by atoms with van der Waals surface area (Å²) in [4.78, 5) is 25.4. The van der Waals surface area contributed by atoms with Crippen molar-refractivity contribution in [1.82, 2.24) is 19.8 Å². The molecule has 2 aliphatic rings. The van der Waals surface area contributed by atoms with Crippen LogP contribution >= 0.6 is 11.6 Å². The molecule has 3 heterocycles. The molecular formula is C21H25ClN4O. The first-order chi connectivity index (χ1) is 13.1. The number of likely N-dealkylation sites (tertiary alicyclic amines) is 1. The Morgan fingerprint density at radius 2 is 2.00 bits per heavy atom. The van der Waals surface area contributed by atoms with E-state index >= 15 is 0 Å². The third-order valence-electron chi connectivity index (χ3n) is 5.70. The van der Waals surface area contributed by atoms with Gasteiger partial charge in [0.1, 0.15) is 5.82 Å². The van der Waals surface area contributed by atoms with Crippen LogP contribution in [0.5, 0.6) is 0 Å². The molecule has 0 spiro atoms. The molecule has 1 saturated heterocycles. The van der Waals surface area contributed by atoms with Crippen LogP contribution in [0.3, 0.4) is 0 Å². The highest BCUT2D eigenvalue weighted by molar-refractivity contribution is 6.31. The number of hydrogen-bond acceptors (Lipinski definition) is 4. The lowest BCUT2D eigenvalue weighted by atomic mass is 9.95. The van der Waals surface area contributed by atoms with E-state index in [0.717, 1.165) is 67.5 Å². The number of carbonyl (C=O) groups is 1. The molecule has 0 radical (unpaired) electrons. The van der Waals surface area contributed by atoms with Crippen LogP contribution in [0.1, 0.15) is 48.3 Å². The van der Waals surface area contributed by atoms with Crippen LogP contribution in [0, 0.1) is 0 Å². The molecule has 2 aromatic rings. The van der Waals surface area contributed by atoms with Gasteiger partial charge in [0, 0.05) is 55.7 Å². The van der Waals surface area contributed by atoms with Crippen LogP contribution in [0.15, 0.2) is 30.5 Å². The van der Waals surface area contributed by atoms with Gasteiger partial charge in [0.15, 0.2) is 0 Å². The van der Waals surface area contributed by atoms with Crippen LogP contribution in [0.2, 0.25) is 5.02 Å². The standard InChI is InChI=1S/C21H25ClN4O/c1-15(27)26-11-8-20-18(14-26)12-23-21(24-20)16-6-9-25(10-7-16)13-17-4-2-3-5-19(17)22/h2-5,12,16H,6-11,13-14H2,1H3. The number of benzene rings is 1. The molecule has 0 bridgehead atoms. The van der Waals surface area contributed by atoms with E-state index in [1.165, 1.54) is 5.56 Å². The Balaban J connectivity index is 1.37. The number of aromatic nitrogens is 2. The molecule has 2 aliphatic heterocycles. The summed E-state index contributed by atoms with van der Waals surface area (Å²) >= 11 is 6.29. The van der Waals surface area contributed by atoms with Gasteiger partial charge in [0.2, 0.25) is 5.91 Å². The highest BCUT2D eigenvalue weighted by Crippen LogP contribution is 2.28. The molecule has 6 heteroatoms. The van der Waals surface area contributed by atoms with Crippen molar-refractivity contribution < 1.29 is 4.79 Å². The molecule has 0 N–H and O–H groups in total. The van der Waals surface area contributed by atoms with Crippen LogP contribution < -0.4 is 0 Å². The van der Waals surface area contributed by atoms with Gasteiger partial charge in [0.25, 0.3) is 0 Å². The van der Waals surface area contributed by atoms with Gasteiger partial charge in [-0.15, -0.1) is 0 Å². The predicted molar refractivity (Wildman–Crippen MR) is 106 cm³/mol. The molecule has 0 aliphatic carbocycles. The van der Waals surface area contributed by atoms with E-state index in [2.05, 4.69) is 16.0 Å². The summed E-state index contributed by atoms with van der Waals surface area (Å²) in [6, 6.07) is 8.08. The van der Waals surface area contributed by atoms with Crippen molar-refractivity contribution in [1.29, 1.82) is 0 Å². The summed E-state index contributed by atoms with van der Waals surface area (Å²) in [5.41, 5.74) is 3.41. The minimum Gasteiger partial charge on any atom is -0.338 e. The van der Waals surface area contributed by atoms with E-state index in [9.17, 15) is 4.79 Å². The Morgan fingerprint density at radius 1 is 1.22 bits per heavy atom. The predicted octanol–water partition coefficient (Wildman–Crippen LogP) is 3.41. The van der Waals surface area contributed by atoms with Crippen molar-refractivity contribution in [3.8, 4) is 0 Å². The minimum atomic E-state index is 0.121. The molecule has 1 amide bonds. The number of hydrogen-bond donors (Lipinski definition) is 0. The van der Waals surface area contributed by atoms with Crippen LogP contribution in [-0.2, 0) is 24.3 Å². The first-order valence-electron chi connectivity index (χ1n) is 9.66. The Labute approximate surface area is 165 Å². The number of piperidine rings is 1. The molecule has 5 nitrogen and oxygen atoms in total. The van der Waals surface area contributed by atoms with Gasteiger partial charge >= 0.3 is 0 Å². The monoisotopic (exact) mass is 384 g/mol. The summed E-state index contributed by atoms with van der Waals surface area (Å²) < 4.78 is 0. The molecule has 1 aromatic carbocycles.